The third kappa shape index (κ3) is 4.89. The molecule has 0 aliphatic rings. The monoisotopic (exact) mass is 329 g/mol. The zero-order valence-electron chi connectivity index (χ0n) is 15.1. The molecule has 0 aliphatic carbocycles. The van der Waals surface area contributed by atoms with Crippen LogP contribution in [-0.2, 0) is 0 Å². The molecule has 1 aromatic carbocycles. The zero-order chi connectivity index (χ0) is 17.7. The number of aliphatic hydroxyl groups excluding tert-OH is 1. The molecule has 6 heteroatoms. The van der Waals surface area contributed by atoms with Gasteiger partial charge < -0.3 is 15.3 Å². The number of hydrogen-bond acceptors (Lipinski definition) is 6. The Morgan fingerprint density at radius 2 is 1.71 bits per heavy atom. The van der Waals surface area contributed by atoms with Crippen LogP contribution in [0.1, 0.15) is 50.6 Å². The van der Waals surface area contributed by atoms with E-state index in [0.29, 0.717) is 18.3 Å². The first-order chi connectivity index (χ1) is 11.4. The average Bonchev–Trinajstić information content (AvgIpc) is 2.55. The van der Waals surface area contributed by atoms with Crippen molar-refractivity contribution in [1.82, 2.24) is 15.0 Å². The summed E-state index contributed by atoms with van der Waals surface area (Å²) in [6, 6.07) is 9.70. The Labute approximate surface area is 144 Å². The minimum absolute atomic E-state index is 0.0256. The fourth-order valence-electron chi connectivity index (χ4n) is 2.33. The molecule has 24 heavy (non-hydrogen) atoms. The van der Waals surface area contributed by atoms with E-state index in [1.807, 2.05) is 56.3 Å². The summed E-state index contributed by atoms with van der Waals surface area (Å²) >= 11 is 0. The van der Waals surface area contributed by atoms with Crippen molar-refractivity contribution in [1.29, 1.82) is 0 Å². The Bertz CT molecular complexity index is 619. The Hall–Kier alpha value is -2.21. The first-order valence-corrected chi connectivity index (χ1v) is 8.29. The van der Waals surface area contributed by atoms with Gasteiger partial charge in [-0.15, -0.1) is 0 Å². The molecule has 0 amide bonds. The molecule has 0 fully saturated rings. The molecular weight excluding hydrogens is 302 g/mol. The maximum atomic E-state index is 10.4. The molecule has 0 spiro atoms. The summed E-state index contributed by atoms with van der Waals surface area (Å²) in [5, 5.41) is 13.6. The van der Waals surface area contributed by atoms with Gasteiger partial charge in [-0.2, -0.15) is 15.0 Å². The van der Waals surface area contributed by atoms with Gasteiger partial charge in [-0.3, -0.25) is 0 Å². The van der Waals surface area contributed by atoms with Crippen molar-refractivity contribution in [3.05, 3.63) is 41.7 Å². The first kappa shape index (κ1) is 18.1. The minimum atomic E-state index is -0.520. The van der Waals surface area contributed by atoms with Gasteiger partial charge in [0.05, 0.1) is 6.10 Å². The Morgan fingerprint density at radius 1 is 1.04 bits per heavy atom. The summed E-state index contributed by atoms with van der Waals surface area (Å²) in [7, 11) is 3.82. The summed E-state index contributed by atoms with van der Waals surface area (Å²) in [5.74, 6) is 2.15. The highest BCUT2D eigenvalue weighted by Crippen LogP contribution is 2.20. The largest absolute Gasteiger partial charge is 0.388 e. The van der Waals surface area contributed by atoms with Gasteiger partial charge in [0, 0.05) is 26.1 Å². The normalized spacial score (nSPS) is 13.6. The van der Waals surface area contributed by atoms with E-state index in [1.54, 1.807) is 0 Å². The van der Waals surface area contributed by atoms with Gasteiger partial charge in [0.1, 0.15) is 5.82 Å². The van der Waals surface area contributed by atoms with Gasteiger partial charge in [0.25, 0.3) is 0 Å². The maximum absolute atomic E-state index is 10.4. The average molecular weight is 329 g/mol. The van der Waals surface area contributed by atoms with E-state index < -0.39 is 6.10 Å². The number of aliphatic hydroxyl groups is 1. The summed E-state index contributed by atoms with van der Waals surface area (Å²) in [6.07, 6.45) is 0.0534. The van der Waals surface area contributed by atoms with Crippen molar-refractivity contribution in [2.45, 2.75) is 45.3 Å². The fraction of sp³-hybridized carbons (Fsp3) is 0.500. The molecule has 0 aliphatic heterocycles. The lowest BCUT2D eigenvalue weighted by Crippen LogP contribution is -2.23. The summed E-state index contributed by atoms with van der Waals surface area (Å²) in [6.45, 7) is 6.13. The number of nitrogens with zero attached hydrogens (tertiary/aromatic N) is 4. The van der Waals surface area contributed by atoms with E-state index in [0.717, 1.165) is 11.4 Å². The van der Waals surface area contributed by atoms with E-state index in [2.05, 4.69) is 34.1 Å². The molecule has 2 aromatic rings. The second kappa shape index (κ2) is 8.06. The van der Waals surface area contributed by atoms with E-state index in [4.69, 9.17) is 0 Å². The Morgan fingerprint density at radius 3 is 2.29 bits per heavy atom. The van der Waals surface area contributed by atoms with Crippen molar-refractivity contribution in [2.24, 2.45) is 0 Å². The molecule has 1 aromatic heterocycles. The predicted octanol–water partition coefficient (Wildman–Crippen LogP) is 2.99. The topological polar surface area (TPSA) is 74.2 Å². The van der Waals surface area contributed by atoms with Crippen LogP contribution >= 0.6 is 0 Å². The van der Waals surface area contributed by atoms with Crippen molar-refractivity contribution in [3.8, 4) is 0 Å². The minimum Gasteiger partial charge on any atom is -0.388 e. The van der Waals surface area contributed by atoms with Crippen molar-refractivity contribution in [2.75, 3.05) is 24.3 Å². The molecule has 0 bridgehead atoms. The van der Waals surface area contributed by atoms with Gasteiger partial charge in [0.2, 0.25) is 11.9 Å². The smallest absolute Gasteiger partial charge is 0.229 e. The van der Waals surface area contributed by atoms with Crippen molar-refractivity contribution in [3.63, 3.8) is 0 Å². The molecule has 6 nitrogen and oxygen atoms in total. The van der Waals surface area contributed by atoms with Crippen molar-refractivity contribution >= 4 is 11.9 Å². The third-order valence-electron chi connectivity index (χ3n) is 3.69. The zero-order valence-corrected chi connectivity index (χ0v) is 15.1. The van der Waals surface area contributed by atoms with Gasteiger partial charge in [0.15, 0.2) is 0 Å². The third-order valence-corrected chi connectivity index (χ3v) is 3.69. The van der Waals surface area contributed by atoms with Gasteiger partial charge in [-0.1, -0.05) is 44.2 Å². The molecule has 1 heterocycles. The number of aromatic nitrogens is 3. The molecule has 2 N–H and O–H groups in total. The van der Waals surface area contributed by atoms with Crippen LogP contribution < -0.4 is 10.2 Å². The summed E-state index contributed by atoms with van der Waals surface area (Å²) < 4.78 is 0. The van der Waals surface area contributed by atoms with Crippen LogP contribution in [0.3, 0.4) is 0 Å². The highest BCUT2D eigenvalue weighted by atomic mass is 16.3. The van der Waals surface area contributed by atoms with Crippen LogP contribution in [-0.4, -0.2) is 40.2 Å². The molecule has 0 saturated carbocycles. The molecule has 0 radical (unpaired) electrons. The number of nitrogens with one attached hydrogen (secondary N) is 1. The van der Waals surface area contributed by atoms with Gasteiger partial charge in [-0.05, 0) is 18.9 Å². The van der Waals surface area contributed by atoms with Crippen LogP contribution in [0.4, 0.5) is 11.9 Å². The Kier molecular flexibility index (Phi) is 6.09. The van der Waals surface area contributed by atoms with Gasteiger partial charge in [-0.25, -0.2) is 0 Å². The van der Waals surface area contributed by atoms with Crippen LogP contribution in [0.5, 0.6) is 0 Å². The second-order valence-corrected chi connectivity index (χ2v) is 6.57. The van der Waals surface area contributed by atoms with Crippen LogP contribution in [0.25, 0.3) is 0 Å². The lowest BCUT2D eigenvalue weighted by Gasteiger charge is -2.20. The lowest BCUT2D eigenvalue weighted by atomic mass is 10.0. The number of rotatable bonds is 7. The SMILES string of the molecule is CC(CC(O)c1ccccc1)Nc1nc(C(C)C)nc(N(C)C)n1. The van der Waals surface area contributed by atoms with Crippen LogP contribution in [0.2, 0.25) is 0 Å². The molecule has 0 saturated heterocycles. The van der Waals surface area contributed by atoms with Gasteiger partial charge >= 0.3 is 0 Å². The van der Waals surface area contributed by atoms with Crippen LogP contribution in [0.15, 0.2) is 30.3 Å². The molecule has 2 unspecified atom stereocenters. The molecule has 2 atom stereocenters. The summed E-state index contributed by atoms with van der Waals surface area (Å²) in [5.41, 5.74) is 0.915. The maximum Gasteiger partial charge on any atom is 0.229 e. The number of benzene rings is 1. The first-order valence-electron chi connectivity index (χ1n) is 8.29. The van der Waals surface area contributed by atoms with E-state index in [9.17, 15) is 5.11 Å². The summed E-state index contributed by atoms with van der Waals surface area (Å²) in [4.78, 5) is 15.3. The standard InChI is InChI=1S/C18H27N5O/c1-12(2)16-20-17(22-18(21-16)23(4)5)19-13(3)11-15(24)14-9-7-6-8-10-14/h6-10,12-13,15,24H,11H2,1-5H3,(H,19,20,21,22). The van der Waals surface area contributed by atoms with Crippen LogP contribution in [0, 0.1) is 0 Å². The number of hydrogen-bond donors (Lipinski definition) is 2. The van der Waals surface area contributed by atoms with E-state index >= 15 is 0 Å². The number of anilines is 2. The highest BCUT2D eigenvalue weighted by Gasteiger charge is 2.15. The van der Waals surface area contributed by atoms with E-state index in [1.165, 1.54) is 0 Å². The predicted molar refractivity (Wildman–Crippen MR) is 97.3 cm³/mol. The highest BCUT2D eigenvalue weighted by molar-refractivity contribution is 5.36. The quantitative estimate of drug-likeness (QED) is 0.813. The fourth-order valence-corrected chi connectivity index (χ4v) is 2.33. The van der Waals surface area contributed by atoms with Crippen molar-refractivity contribution < 1.29 is 5.11 Å². The lowest BCUT2D eigenvalue weighted by molar-refractivity contribution is 0.162. The Balaban J connectivity index is 2.09. The molecular formula is C18H27N5O. The van der Waals surface area contributed by atoms with E-state index in [-0.39, 0.29) is 12.0 Å². The molecule has 2 rings (SSSR count). The second-order valence-electron chi connectivity index (χ2n) is 6.57. The molecule has 130 valence electrons.